The number of rotatable bonds is 7. The number of carbonyl (C=O) groups excluding carboxylic acids is 2. The number of piperazine rings is 1. The molecule has 2 aromatic rings. The summed E-state index contributed by atoms with van der Waals surface area (Å²) < 4.78 is 24.0. The molecule has 1 aliphatic heterocycles. The van der Waals surface area contributed by atoms with Crippen LogP contribution in [0.2, 0.25) is 0 Å². The molecule has 3 rings (SSSR count). The minimum atomic E-state index is -0.397. The van der Waals surface area contributed by atoms with Gasteiger partial charge < -0.3 is 19.7 Å². The number of benzene rings is 2. The fraction of sp³-hybridized carbons (Fsp3) is 0.364. The SMILES string of the molecule is CCOc1cc(C(=O)N2CCN(CC(=O)Nc3cccc(F)c3)CC2)ccc1OC. The van der Waals surface area contributed by atoms with E-state index in [1.165, 1.54) is 12.1 Å². The first kappa shape index (κ1) is 21.6. The van der Waals surface area contributed by atoms with Gasteiger partial charge in [-0.15, -0.1) is 0 Å². The summed E-state index contributed by atoms with van der Waals surface area (Å²) in [4.78, 5) is 28.8. The lowest BCUT2D eigenvalue weighted by atomic mass is 10.1. The Hall–Kier alpha value is -3.13. The first-order valence-corrected chi connectivity index (χ1v) is 9.88. The maximum absolute atomic E-state index is 13.2. The van der Waals surface area contributed by atoms with Gasteiger partial charge in [-0.1, -0.05) is 6.07 Å². The van der Waals surface area contributed by atoms with Crippen molar-refractivity contribution in [2.75, 3.05) is 51.8 Å². The molecule has 0 aliphatic carbocycles. The highest BCUT2D eigenvalue weighted by molar-refractivity contribution is 5.95. The van der Waals surface area contributed by atoms with Crippen molar-refractivity contribution in [3.8, 4) is 11.5 Å². The summed E-state index contributed by atoms with van der Waals surface area (Å²) in [6.07, 6.45) is 0. The zero-order valence-electron chi connectivity index (χ0n) is 17.2. The molecule has 1 heterocycles. The molecule has 1 aliphatic rings. The van der Waals surface area contributed by atoms with Crippen LogP contribution in [0.5, 0.6) is 11.5 Å². The molecule has 0 atom stereocenters. The van der Waals surface area contributed by atoms with Crippen LogP contribution in [0.1, 0.15) is 17.3 Å². The predicted molar refractivity (Wildman–Crippen MR) is 112 cm³/mol. The highest BCUT2D eigenvalue weighted by atomic mass is 19.1. The molecule has 0 bridgehead atoms. The van der Waals surface area contributed by atoms with Crippen molar-refractivity contribution < 1.29 is 23.5 Å². The summed E-state index contributed by atoms with van der Waals surface area (Å²) in [5.41, 5.74) is 0.968. The fourth-order valence-corrected chi connectivity index (χ4v) is 3.34. The van der Waals surface area contributed by atoms with Crippen molar-refractivity contribution >= 4 is 17.5 Å². The van der Waals surface area contributed by atoms with Crippen LogP contribution < -0.4 is 14.8 Å². The van der Waals surface area contributed by atoms with Gasteiger partial charge in [0, 0.05) is 37.4 Å². The van der Waals surface area contributed by atoms with Crippen LogP contribution in [0.3, 0.4) is 0 Å². The molecule has 0 spiro atoms. The van der Waals surface area contributed by atoms with Crippen molar-refractivity contribution in [3.63, 3.8) is 0 Å². The van der Waals surface area contributed by atoms with Gasteiger partial charge in [0.25, 0.3) is 5.91 Å². The molecule has 2 amide bonds. The van der Waals surface area contributed by atoms with Gasteiger partial charge in [-0.25, -0.2) is 4.39 Å². The quantitative estimate of drug-likeness (QED) is 0.753. The Morgan fingerprint density at radius 2 is 1.83 bits per heavy atom. The molecule has 2 aromatic carbocycles. The monoisotopic (exact) mass is 415 g/mol. The molecule has 8 heteroatoms. The normalized spacial score (nSPS) is 14.3. The number of anilines is 1. The number of methoxy groups -OCH3 is 1. The van der Waals surface area contributed by atoms with Crippen molar-refractivity contribution in [3.05, 3.63) is 53.8 Å². The highest BCUT2D eigenvalue weighted by Gasteiger charge is 2.24. The second-order valence-electron chi connectivity index (χ2n) is 6.93. The second-order valence-corrected chi connectivity index (χ2v) is 6.93. The first-order chi connectivity index (χ1) is 14.5. The molecule has 0 radical (unpaired) electrons. The molecule has 160 valence electrons. The molecule has 0 aromatic heterocycles. The summed E-state index contributed by atoms with van der Waals surface area (Å²) in [7, 11) is 1.56. The number of hydrogen-bond acceptors (Lipinski definition) is 5. The van der Waals surface area contributed by atoms with E-state index < -0.39 is 5.82 Å². The summed E-state index contributed by atoms with van der Waals surface area (Å²) in [6.45, 7) is 4.73. The molecule has 0 saturated carbocycles. The largest absolute Gasteiger partial charge is 0.493 e. The molecule has 1 saturated heterocycles. The number of halogens is 1. The van der Waals surface area contributed by atoms with E-state index in [0.717, 1.165) is 0 Å². The molecule has 7 nitrogen and oxygen atoms in total. The van der Waals surface area contributed by atoms with Crippen molar-refractivity contribution in [2.45, 2.75) is 6.92 Å². The molecule has 1 fully saturated rings. The van der Waals surface area contributed by atoms with Crippen molar-refractivity contribution in [2.24, 2.45) is 0 Å². The van der Waals surface area contributed by atoms with Crippen LogP contribution in [0.25, 0.3) is 0 Å². The molecular weight excluding hydrogens is 389 g/mol. The van der Waals surface area contributed by atoms with E-state index in [-0.39, 0.29) is 18.4 Å². The fourth-order valence-electron chi connectivity index (χ4n) is 3.34. The highest BCUT2D eigenvalue weighted by Crippen LogP contribution is 2.28. The lowest BCUT2D eigenvalue weighted by Crippen LogP contribution is -2.50. The van der Waals surface area contributed by atoms with E-state index in [2.05, 4.69) is 5.32 Å². The number of nitrogens with one attached hydrogen (secondary N) is 1. The van der Waals surface area contributed by atoms with E-state index in [1.807, 2.05) is 11.8 Å². The van der Waals surface area contributed by atoms with Crippen molar-refractivity contribution in [1.82, 2.24) is 9.80 Å². The summed E-state index contributed by atoms with van der Waals surface area (Å²) in [6, 6.07) is 10.9. The first-order valence-electron chi connectivity index (χ1n) is 9.88. The van der Waals surface area contributed by atoms with Gasteiger partial charge in [-0.3, -0.25) is 14.5 Å². The van der Waals surface area contributed by atoms with Gasteiger partial charge in [-0.05, 0) is 43.3 Å². The zero-order chi connectivity index (χ0) is 21.5. The lowest BCUT2D eigenvalue weighted by Gasteiger charge is -2.34. The van der Waals surface area contributed by atoms with Crippen LogP contribution in [0, 0.1) is 5.82 Å². The van der Waals surface area contributed by atoms with Crippen LogP contribution in [0.15, 0.2) is 42.5 Å². The second kappa shape index (κ2) is 10.1. The van der Waals surface area contributed by atoms with E-state index in [1.54, 1.807) is 42.3 Å². The number of hydrogen-bond donors (Lipinski definition) is 1. The van der Waals surface area contributed by atoms with Gasteiger partial charge in [-0.2, -0.15) is 0 Å². The Balaban J connectivity index is 1.53. The maximum Gasteiger partial charge on any atom is 0.254 e. The maximum atomic E-state index is 13.2. The van der Waals surface area contributed by atoms with Gasteiger partial charge in [0.05, 0.1) is 20.3 Å². The minimum Gasteiger partial charge on any atom is -0.493 e. The molecule has 0 unspecified atom stereocenters. The standard InChI is InChI=1S/C22H26FN3O4/c1-3-30-20-13-16(7-8-19(20)29-2)22(28)26-11-9-25(10-12-26)15-21(27)24-18-6-4-5-17(23)14-18/h4-8,13-14H,3,9-12,15H2,1-2H3,(H,24,27). The van der Waals surface area contributed by atoms with Crippen LogP contribution in [0.4, 0.5) is 10.1 Å². The average molecular weight is 415 g/mol. The van der Waals surface area contributed by atoms with Gasteiger partial charge >= 0.3 is 0 Å². The van der Waals surface area contributed by atoms with Gasteiger partial charge in [0.2, 0.25) is 5.91 Å². The third-order valence-corrected chi connectivity index (χ3v) is 4.85. The van der Waals surface area contributed by atoms with E-state index in [4.69, 9.17) is 9.47 Å². The van der Waals surface area contributed by atoms with E-state index in [0.29, 0.717) is 55.5 Å². The summed E-state index contributed by atoms with van der Waals surface area (Å²) >= 11 is 0. The van der Waals surface area contributed by atoms with Gasteiger partial charge in [0.15, 0.2) is 11.5 Å². The Bertz CT molecular complexity index is 898. The number of amides is 2. The minimum absolute atomic E-state index is 0.0810. The predicted octanol–water partition coefficient (Wildman–Crippen LogP) is 2.63. The topological polar surface area (TPSA) is 71.1 Å². The Morgan fingerprint density at radius 3 is 2.50 bits per heavy atom. The average Bonchev–Trinajstić information content (AvgIpc) is 2.74. The Morgan fingerprint density at radius 1 is 1.07 bits per heavy atom. The Labute approximate surface area is 175 Å². The van der Waals surface area contributed by atoms with E-state index >= 15 is 0 Å². The smallest absolute Gasteiger partial charge is 0.254 e. The lowest BCUT2D eigenvalue weighted by molar-refractivity contribution is -0.117. The Kier molecular flexibility index (Phi) is 7.24. The number of nitrogens with zero attached hydrogens (tertiary/aromatic N) is 2. The molecular formula is C22H26FN3O4. The van der Waals surface area contributed by atoms with Gasteiger partial charge in [0.1, 0.15) is 5.82 Å². The summed E-state index contributed by atoms with van der Waals surface area (Å²) in [5, 5.41) is 2.69. The summed E-state index contributed by atoms with van der Waals surface area (Å²) in [5.74, 6) is 0.436. The van der Waals surface area contributed by atoms with E-state index in [9.17, 15) is 14.0 Å². The zero-order valence-corrected chi connectivity index (χ0v) is 17.2. The van der Waals surface area contributed by atoms with Crippen molar-refractivity contribution in [1.29, 1.82) is 0 Å². The van der Waals surface area contributed by atoms with Crippen LogP contribution in [-0.2, 0) is 4.79 Å². The van der Waals surface area contributed by atoms with Crippen LogP contribution in [-0.4, -0.2) is 68.1 Å². The molecule has 1 N–H and O–H groups in total. The number of ether oxygens (including phenoxy) is 2. The number of carbonyl (C=O) groups is 2. The molecule has 30 heavy (non-hydrogen) atoms. The third-order valence-electron chi connectivity index (χ3n) is 4.85. The van der Waals surface area contributed by atoms with Crippen LogP contribution >= 0.6 is 0 Å². The third kappa shape index (κ3) is 5.48.